The number of rotatable bonds is 5. The van der Waals surface area contributed by atoms with E-state index < -0.39 is 0 Å². The number of amides is 1. The number of carbonyl (C=O) groups is 1. The van der Waals surface area contributed by atoms with Gasteiger partial charge in [-0.15, -0.1) is 0 Å². The first-order chi connectivity index (χ1) is 12.7. The summed E-state index contributed by atoms with van der Waals surface area (Å²) in [4.78, 5) is 14.3. The highest BCUT2D eigenvalue weighted by Gasteiger charge is 2.18. The van der Waals surface area contributed by atoms with E-state index in [-0.39, 0.29) is 5.91 Å². The molecule has 5 nitrogen and oxygen atoms in total. The molecular formula is C20H24N4OS. The average Bonchev–Trinajstić information content (AvgIpc) is 2.67. The minimum atomic E-state index is -0.103. The third-order valence-corrected chi connectivity index (χ3v) is 4.64. The van der Waals surface area contributed by atoms with E-state index in [2.05, 4.69) is 45.3 Å². The van der Waals surface area contributed by atoms with Gasteiger partial charge in [0.25, 0.3) is 5.91 Å². The van der Waals surface area contributed by atoms with Crippen molar-refractivity contribution in [2.24, 2.45) is 0 Å². The first-order valence-corrected chi connectivity index (χ1v) is 9.32. The van der Waals surface area contributed by atoms with Crippen molar-refractivity contribution in [2.45, 2.75) is 19.3 Å². The highest BCUT2D eigenvalue weighted by molar-refractivity contribution is 7.80. The van der Waals surface area contributed by atoms with Crippen molar-refractivity contribution < 1.29 is 4.79 Å². The predicted molar refractivity (Wildman–Crippen MR) is 109 cm³/mol. The molecule has 0 atom stereocenters. The maximum absolute atomic E-state index is 12.2. The highest BCUT2D eigenvalue weighted by atomic mass is 32.1. The summed E-state index contributed by atoms with van der Waals surface area (Å²) in [6, 6.07) is 18.5. The van der Waals surface area contributed by atoms with Gasteiger partial charge in [-0.3, -0.25) is 15.6 Å². The fraction of sp³-hybridized carbons (Fsp3) is 0.300. The molecule has 136 valence electrons. The Balaban J connectivity index is 1.38. The highest BCUT2D eigenvalue weighted by Crippen LogP contribution is 2.26. The number of para-hydroxylation sites is 1. The second-order valence-corrected chi connectivity index (χ2v) is 6.73. The Hall–Kier alpha value is -2.60. The van der Waals surface area contributed by atoms with Crippen LogP contribution in [0, 0.1) is 0 Å². The zero-order chi connectivity index (χ0) is 18.2. The van der Waals surface area contributed by atoms with Gasteiger partial charge in [0.15, 0.2) is 5.11 Å². The van der Waals surface area contributed by atoms with Crippen molar-refractivity contribution in [3.8, 4) is 0 Å². The van der Waals surface area contributed by atoms with Crippen molar-refractivity contribution in [2.75, 3.05) is 24.5 Å². The average molecular weight is 369 g/mol. The smallest absolute Gasteiger partial charge is 0.257 e. The number of aryl methyl sites for hydroxylation is 1. The van der Waals surface area contributed by atoms with Crippen LogP contribution in [0.4, 0.5) is 5.69 Å². The van der Waals surface area contributed by atoms with Crippen molar-refractivity contribution in [3.05, 3.63) is 65.7 Å². The van der Waals surface area contributed by atoms with Gasteiger partial charge in [-0.1, -0.05) is 48.5 Å². The van der Waals surface area contributed by atoms with Crippen LogP contribution in [0.3, 0.4) is 0 Å². The summed E-state index contributed by atoms with van der Waals surface area (Å²) in [7, 11) is 0. The molecule has 1 aliphatic heterocycles. The summed E-state index contributed by atoms with van der Waals surface area (Å²) >= 11 is 5.20. The normalized spacial score (nSPS) is 12.8. The van der Waals surface area contributed by atoms with Crippen LogP contribution < -0.4 is 21.1 Å². The van der Waals surface area contributed by atoms with E-state index >= 15 is 0 Å². The van der Waals surface area contributed by atoms with E-state index in [0.717, 1.165) is 31.5 Å². The van der Waals surface area contributed by atoms with Gasteiger partial charge in [-0.2, -0.15) is 0 Å². The van der Waals surface area contributed by atoms with Crippen molar-refractivity contribution in [1.29, 1.82) is 0 Å². The Bertz CT molecular complexity index is 750. The number of hydrazine groups is 1. The molecule has 0 aliphatic carbocycles. The molecule has 1 heterocycles. The molecule has 1 aliphatic rings. The molecule has 2 aromatic carbocycles. The maximum Gasteiger partial charge on any atom is 0.257 e. The summed E-state index contributed by atoms with van der Waals surface area (Å²) < 4.78 is 0. The van der Waals surface area contributed by atoms with Crippen LogP contribution in [-0.4, -0.2) is 30.7 Å². The molecule has 0 fully saturated rings. The molecule has 6 heteroatoms. The van der Waals surface area contributed by atoms with Crippen LogP contribution >= 0.6 is 12.2 Å². The number of thiocarbonyl (C=S) groups is 1. The zero-order valence-electron chi connectivity index (χ0n) is 14.7. The molecule has 26 heavy (non-hydrogen) atoms. The Kier molecular flexibility index (Phi) is 6.44. The van der Waals surface area contributed by atoms with Gasteiger partial charge in [0.1, 0.15) is 0 Å². The summed E-state index contributed by atoms with van der Waals surface area (Å²) in [6.45, 7) is 1.92. The lowest BCUT2D eigenvalue weighted by Crippen LogP contribution is -2.50. The second kappa shape index (κ2) is 9.20. The van der Waals surface area contributed by atoms with Crippen LogP contribution in [0.2, 0.25) is 0 Å². The maximum atomic E-state index is 12.2. The number of hydrogen-bond donors (Lipinski definition) is 3. The predicted octanol–water partition coefficient (Wildman–Crippen LogP) is 2.18. The molecule has 1 amide bonds. The van der Waals surface area contributed by atoms with Crippen molar-refractivity contribution in [3.63, 3.8) is 0 Å². The van der Waals surface area contributed by atoms with Crippen LogP contribution in [0.1, 0.15) is 17.5 Å². The molecule has 0 saturated carbocycles. The quantitative estimate of drug-likeness (QED) is 0.558. The van der Waals surface area contributed by atoms with Gasteiger partial charge in [0.05, 0.1) is 6.54 Å². The first-order valence-electron chi connectivity index (χ1n) is 8.92. The topological polar surface area (TPSA) is 56.4 Å². The summed E-state index contributed by atoms with van der Waals surface area (Å²) in [5.74, 6) is -0.103. The summed E-state index contributed by atoms with van der Waals surface area (Å²) in [5.41, 5.74) is 9.15. The standard InChI is InChI=1S/C20H24N4OS/c25-19(15-24-14-6-10-17-9-4-5-11-18(17)24)22-23-20(26)21-13-12-16-7-2-1-3-8-16/h1-5,7-9,11H,6,10,12-15H2,(H,22,25)(H2,21,23,26). The number of nitrogens with one attached hydrogen (secondary N) is 3. The third-order valence-electron chi connectivity index (χ3n) is 4.40. The first kappa shape index (κ1) is 18.2. The van der Waals surface area contributed by atoms with Gasteiger partial charge < -0.3 is 10.2 Å². The molecule has 0 unspecified atom stereocenters. The number of fused-ring (bicyclic) bond motifs is 1. The van der Waals surface area contributed by atoms with Crippen LogP contribution in [0.5, 0.6) is 0 Å². The number of hydrogen-bond acceptors (Lipinski definition) is 3. The molecular weight excluding hydrogens is 344 g/mol. The van der Waals surface area contributed by atoms with E-state index in [1.54, 1.807) is 0 Å². The van der Waals surface area contributed by atoms with Crippen LogP contribution in [-0.2, 0) is 17.6 Å². The Morgan fingerprint density at radius 3 is 2.65 bits per heavy atom. The molecule has 0 saturated heterocycles. The number of anilines is 1. The molecule has 0 spiro atoms. The van der Waals surface area contributed by atoms with Crippen LogP contribution in [0.25, 0.3) is 0 Å². The molecule has 0 aromatic heterocycles. The lowest BCUT2D eigenvalue weighted by molar-refractivity contribution is -0.120. The molecule has 2 aromatic rings. The van der Waals surface area contributed by atoms with Gasteiger partial charge in [0.2, 0.25) is 0 Å². The van der Waals surface area contributed by atoms with E-state index in [1.165, 1.54) is 11.1 Å². The summed E-state index contributed by atoms with van der Waals surface area (Å²) in [5, 5.41) is 3.52. The minimum Gasteiger partial charge on any atom is -0.362 e. The van der Waals surface area contributed by atoms with Gasteiger partial charge in [0, 0.05) is 18.8 Å². The molecule has 3 rings (SSSR count). The third kappa shape index (κ3) is 5.20. The number of carbonyl (C=O) groups excluding carboxylic acids is 1. The van der Waals surface area contributed by atoms with Crippen LogP contribution in [0.15, 0.2) is 54.6 Å². The fourth-order valence-electron chi connectivity index (χ4n) is 3.12. The van der Waals surface area contributed by atoms with Gasteiger partial charge >= 0.3 is 0 Å². The Labute approximate surface area is 159 Å². The number of benzene rings is 2. The molecule has 0 radical (unpaired) electrons. The lowest BCUT2D eigenvalue weighted by atomic mass is 10.0. The molecule has 0 bridgehead atoms. The molecule has 3 N–H and O–H groups in total. The Morgan fingerprint density at radius 1 is 1.04 bits per heavy atom. The van der Waals surface area contributed by atoms with Crippen molar-refractivity contribution in [1.82, 2.24) is 16.2 Å². The van der Waals surface area contributed by atoms with Gasteiger partial charge in [-0.25, -0.2) is 0 Å². The minimum absolute atomic E-state index is 0.103. The fourth-order valence-corrected chi connectivity index (χ4v) is 3.28. The van der Waals surface area contributed by atoms with E-state index in [4.69, 9.17) is 12.2 Å². The van der Waals surface area contributed by atoms with E-state index in [0.29, 0.717) is 18.2 Å². The van der Waals surface area contributed by atoms with E-state index in [9.17, 15) is 4.79 Å². The van der Waals surface area contributed by atoms with Crippen molar-refractivity contribution >= 4 is 28.9 Å². The largest absolute Gasteiger partial charge is 0.362 e. The lowest BCUT2D eigenvalue weighted by Gasteiger charge is -2.30. The SMILES string of the molecule is O=C(CN1CCCc2ccccc21)NNC(=S)NCCc1ccccc1. The van der Waals surface area contributed by atoms with E-state index in [1.807, 2.05) is 30.3 Å². The zero-order valence-corrected chi connectivity index (χ0v) is 15.5. The second-order valence-electron chi connectivity index (χ2n) is 6.32. The summed E-state index contributed by atoms with van der Waals surface area (Å²) in [6.07, 6.45) is 3.01. The Morgan fingerprint density at radius 2 is 1.81 bits per heavy atom. The van der Waals surface area contributed by atoms with Gasteiger partial charge in [-0.05, 0) is 48.7 Å². The monoisotopic (exact) mass is 368 g/mol. The number of nitrogens with zero attached hydrogens (tertiary/aromatic N) is 1.